The molecule has 0 bridgehead atoms. The van der Waals surface area contributed by atoms with Gasteiger partial charge in [0.1, 0.15) is 5.82 Å². The van der Waals surface area contributed by atoms with Crippen molar-refractivity contribution in [1.82, 2.24) is 9.88 Å². The normalized spacial score (nSPS) is 10.7. The fourth-order valence-electron chi connectivity index (χ4n) is 1.99. The van der Waals surface area contributed by atoms with E-state index in [1.54, 1.807) is 0 Å². The van der Waals surface area contributed by atoms with Crippen LogP contribution in [-0.2, 0) is 13.1 Å². The van der Waals surface area contributed by atoms with Crippen molar-refractivity contribution in [3.05, 3.63) is 58.2 Å². The van der Waals surface area contributed by atoms with Crippen molar-refractivity contribution < 1.29 is 0 Å². The maximum atomic E-state index is 4.53. The van der Waals surface area contributed by atoms with Gasteiger partial charge in [-0.05, 0) is 36.9 Å². The maximum Gasteiger partial charge on any atom is 0.126 e. The fraction of sp³-hybridized carbons (Fsp3) is 0.267. The molecular weight excluding hydrogens is 302 g/mol. The molecule has 0 spiro atoms. The van der Waals surface area contributed by atoms with E-state index < -0.39 is 0 Å². The van der Waals surface area contributed by atoms with Gasteiger partial charge in [-0.2, -0.15) is 0 Å². The highest BCUT2D eigenvalue weighted by atomic mass is 79.9. The van der Waals surface area contributed by atoms with Crippen LogP contribution in [0.2, 0.25) is 0 Å². The third kappa shape index (κ3) is 4.33. The van der Waals surface area contributed by atoms with Crippen LogP contribution in [0.15, 0.2) is 46.9 Å². The van der Waals surface area contributed by atoms with Crippen LogP contribution in [0.25, 0.3) is 0 Å². The molecule has 2 rings (SSSR count). The minimum absolute atomic E-state index is 0.835. The molecule has 0 saturated carbocycles. The SMILES string of the molecule is CNc1cccc(CN(C)Cc2cccc(Br)c2)n1. The first kappa shape index (κ1) is 14.0. The number of nitrogens with one attached hydrogen (secondary N) is 1. The van der Waals surface area contributed by atoms with Crippen molar-refractivity contribution in [1.29, 1.82) is 0 Å². The molecular formula is C15H18BrN3. The molecule has 0 aliphatic heterocycles. The van der Waals surface area contributed by atoms with E-state index in [0.29, 0.717) is 0 Å². The molecule has 0 aliphatic carbocycles. The number of pyridine rings is 1. The smallest absolute Gasteiger partial charge is 0.126 e. The molecule has 0 aliphatic rings. The second-order valence-corrected chi connectivity index (χ2v) is 5.48. The van der Waals surface area contributed by atoms with Crippen molar-refractivity contribution in [2.75, 3.05) is 19.4 Å². The predicted molar refractivity (Wildman–Crippen MR) is 83.1 cm³/mol. The number of aromatic nitrogens is 1. The molecule has 1 aromatic carbocycles. The summed E-state index contributed by atoms with van der Waals surface area (Å²) in [6, 6.07) is 14.4. The van der Waals surface area contributed by atoms with E-state index >= 15 is 0 Å². The number of halogens is 1. The highest BCUT2D eigenvalue weighted by molar-refractivity contribution is 9.10. The average Bonchev–Trinajstić information content (AvgIpc) is 2.38. The Morgan fingerprint density at radius 3 is 2.68 bits per heavy atom. The summed E-state index contributed by atoms with van der Waals surface area (Å²) in [4.78, 5) is 6.78. The molecule has 0 radical (unpaired) electrons. The van der Waals surface area contributed by atoms with Gasteiger partial charge in [-0.1, -0.05) is 34.1 Å². The highest BCUT2D eigenvalue weighted by Crippen LogP contribution is 2.14. The van der Waals surface area contributed by atoms with Crippen molar-refractivity contribution in [2.45, 2.75) is 13.1 Å². The topological polar surface area (TPSA) is 28.2 Å². The van der Waals surface area contributed by atoms with E-state index in [1.165, 1.54) is 5.56 Å². The van der Waals surface area contributed by atoms with Gasteiger partial charge >= 0.3 is 0 Å². The summed E-state index contributed by atoms with van der Waals surface area (Å²) in [5.41, 5.74) is 2.37. The minimum atomic E-state index is 0.835. The van der Waals surface area contributed by atoms with Crippen LogP contribution in [-0.4, -0.2) is 24.0 Å². The van der Waals surface area contributed by atoms with Gasteiger partial charge in [0.25, 0.3) is 0 Å². The van der Waals surface area contributed by atoms with Gasteiger partial charge in [-0.25, -0.2) is 4.98 Å². The van der Waals surface area contributed by atoms with Gasteiger partial charge in [0.15, 0.2) is 0 Å². The molecule has 3 nitrogen and oxygen atoms in total. The Bertz CT molecular complexity index is 542. The molecule has 1 heterocycles. The molecule has 0 atom stereocenters. The largest absolute Gasteiger partial charge is 0.373 e. The molecule has 1 N–H and O–H groups in total. The fourth-order valence-corrected chi connectivity index (χ4v) is 2.43. The van der Waals surface area contributed by atoms with E-state index in [1.807, 2.05) is 25.2 Å². The molecule has 2 aromatic rings. The summed E-state index contributed by atoms with van der Waals surface area (Å²) >= 11 is 3.50. The quantitative estimate of drug-likeness (QED) is 0.914. The lowest BCUT2D eigenvalue weighted by Gasteiger charge is -2.16. The van der Waals surface area contributed by atoms with E-state index in [9.17, 15) is 0 Å². The molecule has 0 saturated heterocycles. The van der Waals surface area contributed by atoms with Crippen LogP contribution < -0.4 is 5.32 Å². The Morgan fingerprint density at radius 1 is 1.16 bits per heavy atom. The van der Waals surface area contributed by atoms with E-state index in [2.05, 4.69) is 62.4 Å². The van der Waals surface area contributed by atoms with Crippen LogP contribution in [0.5, 0.6) is 0 Å². The van der Waals surface area contributed by atoms with Crippen LogP contribution in [0.3, 0.4) is 0 Å². The number of benzene rings is 1. The zero-order valence-electron chi connectivity index (χ0n) is 11.2. The van der Waals surface area contributed by atoms with E-state index in [-0.39, 0.29) is 0 Å². The summed E-state index contributed by atoms with van der Waals surface area (Å²) in [5, 5.41) is 3.06. The summed E-state index contributed by atoms with van der Waals surface area (Å²) in [6.07, 6.45) is 0. The Kier molecular flexibility index (Phi) is 4.93. The van der Waals surface area contributed by atoms with Gasteiger partial charge in [-0.3, -0.25) is 4.90 Å². The standard InChI is InChI=1S/C15H18BrN3/c1-17-15-8-4-7-14(18-15)11-19(2)10-12-5-3-6-13(16)9-12/h3-9H,10-11H2,1-2H3,(H,17,18). The maximum absolute atomic E-state index is 4.53. The second kappa shape index (κ2) is 6.68. The summed E-state index contributed by atoms with van der Waals surface area (Å²) in [7, 11) is 3.99. The Labute approximate surface area is 122 Å². The lowest BCUT2D eigenvalue weighted by atomic mass is 10.2. The number of nitrogens with zero attached hydrogens (tertiary/aromatic N) is 2. The summed E-state index contributed by atoms with van der Waals surface area (Å²) in [5.74, 6) is 0.911. The molecule has 4 heteroatoms. The Morgan fingerprint density at radius 2 is 1.95 bits per heavy atom. The number of hydrogen-bond acceptors (Lipinski definition) is 3. The Balaban J connectivity index is 1.98. The minimum Gasteiger partial charge on any atom is -0.373 e. The second-order valence-electron chi connectivity index (χ2n) is 4.57. The van der Waals surface area contributed by atoms with Crippen LogP contribution in [0.1, 0.15) is 11.3 Å². The molecule has 19 heavy (non-hydrogen) atoms. The first-order chi connectivity index (χ1) is 9.17. The molecule has 100 valence electrons. The summed E-state index contributed by atoms with van der Waals surface area (Å²) < 4.78 is 1.12. The van der Waals surface area contributed by atoms with Crippen molar-refractivity contribution >= 4 is 21.7 Å². The lowest BCUT2D eigenvalue weighted by Crippen LogP contribution is -2.18. The first-order valence-corrected chi connectivity index (χ1v) is 7.03. The van der Waals surface area contributed by atoms with Crippen LogP contribution >= 0.6 is 15.9 Å². The van der Waals surface area contributed by atoms with Gasteiger partial charge in [0.2, 0.25) is 0 Å². The van der Waals surface area contributed by atoms with E-state index in [0.717, 1.165) is 29.1 Å². The van der Waals surface area contributed by atoms with Crippen molar-refractivity contribution in [3.8, 4) is 0 Å². The van der Waals surface area contributed by atoms with Crippen molar-refractivity contribution in [3.63, 3.8) is 0 Å². The number of anilines is 1. The van der Waals surface area contributed by atoms with Gasteiger partial charge in [-0.15, -0.1) is 0 Å². The average molecular weight is 320 g/mol. The van der Waals surface area contributed by atoms with E-state index in [4.69, 9.17) is 0 Å². The third-order valence-electron chi connectivity index (χ3n) is 2.84. The Hall–Kier alpha value is -1.39. The first-order valence-electron chi connectivity index (χ1n) is 6.24. The molecule has 0 amide bonds. The molecule has 1 aromatic heterocycles. The monoisotopic (exact) mass is 319 g/mol. The molecule has 0 fully saturated rings. The highest BCUT2D eigenvalue weighted by Gasteiger charge is 2.04. The zero-order valence-corrected chi connectivity index (χ0v) is 12.8. The summed E-state index contributed by atoms with van der Waals surface area (Å²) in [6.45, 7) is 1.74. The van der Waals surface area contributed by atoms with Crippen LogP contribution in [0.4, 0.5) is 5.82 Å². The number of rotatable bonds is 5. The van der Waals surface area contributed by atoms with Crippen LogP contribution in [0, 0.1) is 0 Å². The van der Waals surface area contributed by atoms with Crippen molar-refractivity contribution in [2.24, 2.45) is 0 Å². The van der Waals surface area contributed by atoms with Gasteiger partial charge in [0, 0.05) is 24.6 Å². The zero-order chi connectivity index (χ0) is 13.7. The number of hydrogen-bond donors (Lipinski definition) is 1. The van der Waals surface area contributed by atoms with Gasteiger partial charge in [0.05, 0.1) is 5.69 Å². The van der Waals surface area contributed by atoms with Gasteiger partial charge < -0.3 is 5.32 Å². The predicted octanol–water partition coefficient (Wildman–Crippen LogP) is 3.52. The lowest BCUT2D eigenvalue weighted by molar-refractivity contribution is 0.315. The third-order valence-corrected chi connectivity index (χ3v) is 3.33. The molecule has 0 unspecified atom stereocenters.